The number of benzene rings is 2. The van der Waals surface area contributed by atoms with Crippen LogP contribution in [0.1, 0.15) is 65.3 Å². The molecule has 1 aliphatic carbocycles. The number of aryl methyl sites for hydroxylation is 1. The highest BCUT2D eigenvalue weighted by Gasteiger charge is 2.75. The fourth-order valence-electron chi connectivity index (χ4n) is 8.76. The summed E-state index contributed by atoms with van der Waals surface area (Å²) in [6.07, 6.45) is 0.822. The molecule has 8 rings (SSSR count). The molecule has 4 aromatic rings. The zero-order chi connectivity index (χ0) is 34.1. The van der Waals surface area contributed by atoms with Gasteiger partial charge in [-0.05, 0) is 69.2 Å². The van der Waals surface area contributed by atoms with Gasteiger partial charge in [-0.3, -0.25) is 4.98 Å². The Balaban J connectivity index is 1.17. The number of aliphatic hydroxyl groups is 1. The van der Waals surface area contributed by atoms with Gasteiger partial charge in [-0.2, -0.15) is 5.26 Å². The third kappa shape index (κ3) is 4.82. The van der Waals surface area contributed by atoms with Crippen LogP contribution in [0.4, 0.5) is 0 Å². The Morgan fingerprint density at radius 3 is 2.53 bits per heavy atom. The van der Waals surface area contributed by atoms with Crippen LogP contribution in [0.3, 0.4) is 0 Å². The van der Waals surface area contributed by atoms with Gasteiger partial charge in [-0.1, -0.05) is 24.3 Å². The molecule has 1 spiro atoms. The number of nitriles is 1. The summed E-state index contributed by atoms with van der Waals surface area (Å²) < 4.78 is 31.4. The number of pyridine rings is 1. The summed E-state index contributed by atoms with van der Waals surface area (Å²) in [5, 5.41) is 25.1. The molecule has 2 aromatic heterocycles. The van der Waals surface area contributed by atoms with Crippen LogP contribution in [0.25, 0.3) is 11.3 Å². The molecule has 2 aromatic carbocycles. The second kappa shape index (κ2) is 11.4. The van der Waals surface area contributed by atoms with Gasteiger partial charge in [0, 0.05) is 41.0 Å². The van der Waals surface area contributed by atoms with Gasteiger partial charge in [-0.15, -0.1) is 0 Å². The molecule has 0 bridgehead atoms. The summed E-state index contributed by atoms with van der Waals surface area (Å²) in [5.41, 5.74) is -0.154. The Kier molecular flexibility index (Phi) is 7.28. The van der Waals surface area contributed by atoms with Gasteiger partial charge in [0.15, 0.2) is 11.9 Å². The van der Waals surface area contributed by atoms with Crippen molar-refractivity contribution >= 4 is 5.97 Å². The third-order valence-electron chi connectivity index (χ3n) is 11.0. The van der Waals surface area contributed by atoms with Crippen LogP contribution in [0.15, 0.2) is 88.3 Å². The minimum atomic E-state index is -1.33. The fourth-order valence-corrected chi connectivity index (χ4v) is 8.76. The van der Waals surface area contributed by atoms with Crippen molar-refractivity contribution in [3.05, 3.63) is 117 Å². The number of fused-ring (bicyclic) bond motifs is 5. The number of rotatable bonds is 4. The normalized spacial score (nSPS) is 32.8. The summed E-state index contributed by atoms with van der Waals surface area (Å²) in [5.74, 6) is -1.17. The van der Waals surface area contributed by atoms with E-state index < -0.39 is 52.7 Å². The summed E-state index contributed by atoms with van der Waals surface area (Å²) in [6, 6.07) is 21.2. The third-order valence-corrected chi connectivity index (χ3v) is 11.0. The molecule has 11 heteroatoms. The van der Waals surface area contributed by atoms with Crippen LogP contribution in [0, 0.1) is 30.1 Å². The van der Waals surface area contributed by atoms with E-state index in [0.717, 1.165) is 11.1 Å². The van der Waals surface area contributed by atoms with E-state index in [1.165, 1.54) is 0 Å². The predicted octanol–water partition coefficient (Wildman–Crippen LogP) is 4.77. The lowest BCUT2D eigenvalue weighted by molar-refractivity contribution is -0.305. The summed E-state index contributed by atoms with van der Waals surface area (Å²) >= 11 is 0. The molecule has 3 fully saturated rings. The summed E-state index contributed by atoms with van der Waals surface area (Å²) in [7, 11) is 0. The minimum absolute atomic E-state index is 0.00710. The lowest BCUT2D eigenvalue weighted by atomic mass is 9.46. The first-order chi connectivity index (χ1) is 23.6. The number of carbonyl (C=O) groups excluding carboxylic acids is 1. The van der Waals surface area contributed by atoms with Crippen LogP contribution >= 0.6 is 0 Å². The molecule has 2 saturated heterocycles. The zero-order valence-electron chi connectivity index (χ0n) is 27.2. The van der Waals surface area contributed by atoms with E-state index in [1.807, 2.05) is 45.0 Å². The first-order valence-corrected chi connectivity index (χ1v) is 16.3. The van der Waals surface area contributed by atoms with Gasteiger partial charge in [0.1, 0.15) is 23.2 Å². The van der Waals surface area contributed by atoms with Crippen LogP contribution < -0.4 is 15.7 Å². The number of ether oxygens (including phenoxy) is 4. The largest absolute Gasteiger partial charge is 0.482 e. The standard InChI is InChI=1S/C38H35N3O8/c1-21-7-4-5-9-25(21)35-45-19-38(20-46-35)28-16-29(48-33(43)23-12-10-22(17-39)11-13-23)37(3)32(36(28,2)41-38)31(42)30-27(49-37)15-26(47-34(30)44)24-8-6-14-40-18-24/h4-15,18,28-29,31-32,35,41-42H,16,19-20H2,1-3H3/t28-,29+,31+,32-,35?,36?,37-,38?/m1/s1. The van der Waals surface area contributed by atoms with Crippen molar-refractivity contribution in [3.8, 4) is 23.1 Å². The molecule has 1 unspecified atom stereocenters. The maximum atomic E-state index is 13.7. The summed E-state index contributed by atoms with van der Waals surface area (Å²) in [4.78, 5) is 31.4. The van der Waals surface area contributed by atoms with Gasteiger partial charge in [-0.25, -0.2) is 9.59 Å². The van der Waals surface area contributed by atoms with Crippen molar-refractivity contribution in [3.63, 3.8) is 0 Å². The van der Waals surface area contributed by atoms with Gasteiger partial charge in [0.25, 0.3) is 0 Å². The van der Waals surface area contributed by atoms with Crippen LogP contribution in [-0.2, 0) is 14.2 Å². The van der Waals surface area contributed by atoms with Crippen molar-refractivity contribution in [1.29, 1.82) is 5.26 Å². The minimum Gasteiger partial charge on any atom is -0.482 e. The van der Waals surface area contributed by atoms with Gasteiger partial charge in [0.2, 0.25) is 0 Å². The van der Waals surface area contributed by atoms with Crippen LogP contribution in [0.5, 0.6) is 5.75 Å². The van der Waals surface area contributed by atoms with E-state index in [4.69, 9.17) is 23.4 Å². The monoisotopic (exact) mass is 661 g/mol. The molecule has 4 aliphatic rings. The number of hydrogen-bond donors (Lipinski definition) is 2. The van der Waals surface area contributed by atoms with Gasteiger partial charge >= 0.3 is 11.6 Å². The number of nitrogens with zero attached hydrogens (tertiary/aromatic N) is 2. The van der Waals surface area contributed by atoms with Crippen molar-refractivity contribution in [2.75, 3.05) is 13.2 Å². The fraction of sp³-hybridized carbons (Fsp3) is 0.368. The smallest absolute Gasteiger partial charge is 0.345 e. The second-order valence-corrected chi connectivity index (χ2v) is 13.9. The van der Waals surface area contributed by atoms with Crippen molar-refractivity contribution in [2.24, 2.45) is 11.8 Å². The van der Waals surface area contributed by atoms with E-state index in [9.17, 15) is 20.0 Å². The lowest BCUT2D eigenvalue weighted by Gasteiger charge is -2.72. The molecule has 0 amide bonds. The Hall–Kier alpha value is -4.86. The Morgan fingerprint density at radius 2 is 1.84 bits per heavy atom. The SMILES string of the molecule is Cc1ccccc1C1OCC2(CO1)NC1(C)[C@H]3[C@@H](O)c4c(cc(-c5cccnc5)oc4=O)O[C@]3(C)[C@@H](OC(=O)c3ccc(C#N)cc3)C[C@@H]21. The molecule has 0 radical (unpaired) electrons. The highest BCUT2D eigenvalue weighted by Crippen LogP contribution is 2.63. The molecule has 6 atom stereocenters. The van der Waals surface area contributed by atoms with Crippen LogP contribution in [-0.4, -0.2) is 52.1 Å². The average molecular weight is 662 g/mol. The number of carbonyl (C=O) groups is 1. The van der Waals surface area contributed by atoms with Crippen LogP contribution in [0.2, 0.25) is 0 Å². The lowest BCUT2D eigenvalue weighted by Crippen LogP contribution is -2.90. The highest BCUT2D eigenvalue weighted by atomic mass is 16.7. The molecular weight excluding hydrogens is 626 g/mol. The maximum Gasteiger partial charge on any atom is 0.345 e. The number of aromatic nitrogens is 1. The second-order valence-electron chi connectivity index (χ2n) is 13.9. The summed E-state index contributed by atoms with van der Waals surface area (Å²) in [6.45, 7) is 6.46. The van der Waals surface area contributed by atoms with E-state index in [0.29, 0.717) is 30.8 Å². The molecule has 11 nitrogen and oxygen atoms in total. The number of nitrogens with one attached hydrogen (secondary N) is 1. The molecular formula is C38H35N3O8. The first-order valence-electron chi connectivity index (χ1n) is 16.3. The molecule has 5 heterocycles. The first kappa shape index (κ1) is 31.4. The van der Waals surface area contributed by atoms with Gasteiger partial charge in [0.05, 0.1) is 48.0 Å². The van der Waals surface area contributed by atoms with Gasteiger partial charge < -0.3 is 33.8 Å². The topological polar surface area (TPSA) is 153 Å². The van der Waals surface area contributed by atoms with E-state index in [2.05, 4.69) is 16.4 Å². The molecule has 3 aliphatic heterocycles. The van der Waals surface area contributed by atoms with Crippen molar-refractivity contribution in [2.45, 2.75) is 62.4 Å². The molecule has 49 heavy (non-hydrogen) atoms. The molecule has 2 N–H and O–H groups in total. The maximum absolute atomic E-state index is 13.7. The van der Waals surface area contributed by atoms with E-state index in [-0.39, 0.29) is 28.6 Å². The molecule has 1 saturated carbocycles. The number of hydrogen-bond acceptors (Lipinski definition) is 11. The Morgan fingerprint density at radius 1 is 1.08 bits per heavy atom. The Labute approximate surface area is 282 Å². The average Bonchev–Trinajstić information content (AvgIpc) is 3.10. The zero-order valence-corrected chi connectivity index (χ0v) is 27.2. The van der Waals surface area contributed by atoms with E-state index >= 15 is 0 Å². The van der Waals surface area contributed by atoms with Crippen molar-refractivity contribution < 1.29 is 33.3 Å². The van der Waals surface area contributed by atoms with Crippen molar-refractivity contribution in [1.82, 2.24) is 10.3 Å². The predicted molar refractivity (Wildman–Crippen MR) is 174 cm³/mol. The van der Waals surface area contributed by atoms with E-state index in [1.54, 1.807) is 54.9 Å². The number of esters is 1. The number of aliphatic hydroxyl groups excluding tert-OH is 1. The quantitative estimate of drug-likeness (QED) is 0.291. The molecule has 250 valence electrons. The Bertz CT molecular complexity index is 2030. The highest BCUT2D eigenvalue weighted by molar-refractivity contribution is 5.89.